The summed E-state index contributed by atoms with van der Waals surface area (Å²) in [4.78, 5) is 31.3. The fourth-order valence-corrected chi connectivity index (χ4v) is 5.00. The van der Waals surface area contributed by atoms with E-state index in [9.17, 15) is 28.5 Å². The molecule has 12 heteroatoms. The lowest BCUT2D eigenvalue weighted by molar-refractivity contribution is -0.143. The Bertz CT molecular complexity index is 1270. The number of hydrogen-bond acceptors (Lipinski definition) is 8. The van der Waals surface area contributed by atoms with Crippen LogP contribution < -0.4 is 9.80 Å². The quantitative estimate of drug-likeness (QED) is 0.581. The molecule has 4 rings (SSSR count). The Kier molecular flexibility index (Phi) is 6.96. The Balaban J connectivity index is 1.71. The van der Waals surface area contributed by atoms with E-state index in [2.05, 4.69) is 21.0 Å². The molecule has 2 aromatic heterocycles. The van der Waals surface area contributed by atoms with Gasteiger partial charge in [0.05, 0.1) is 17.7 Å². The van der Waals surface area contributed by atoms with Crippen LogP contribution in [0.5, 0.6) is 0 Å². The molecular weight excluding hydrogens is 485 g/mol. The van der Waals surface area contributed by atoms with Crippen LogP contribution in [0.4, 0.5) is 30.6 Å². The molecule has 1 fully saturated rings. The number of anilines is 3. The number of alkyl halides is 3. The first-order valence-corrected chi connectivity index (χ1v) is 11.8. The Morgan fingerprint density at radius 2 is 1.84 bits per heavy atom. The third-order valence-electron chi connectivity index (χ3n) is 7.22. The number of nitrogens with zero attached hydrogens (tertiary/aromatic N) is 8. The number of pyridine rings is 1. The van der Waals surface area contributed by atoms with Crippen molar-refractivity contribution < 1.29 is 18.0 Å². The first-order valence-electron chi connectivity index (χ1n) is 11.8. The summed E-state index contributed by atoms with van der Waals surface area (Å²) in [5.41, 5.74) is -2.35. The van der Waals surface area contributed by atoms with Gasteiger partial charge in [0.1, 0.15) is 43.8 Å². The highest BCUT2D eigenvalue weighted by Crippen LogP contribution is 2.47. The van der Waals surface area contributed by atoms with Crippen LogP contribution in [-0.2, 0) is 10.2 Å². The van der Waals surface area contributed by atoms with Crippen LogP contribution in [0.2, 0.25) is 0 Å². The number of halogens is 3. The fourth-order valence-electron chi connectivity index (χ4n) is 5.00. The van der Waals surface area contributed by atoms with Crippen LogP contribution in [0, 0.1) is 28.1 Å². The van der Waals surface area contributed by atoms with E-state index in [1.54, 1.807) is 30.9 Å². The van der Waals surface area contributed by atoms with E-state index >= 15 is 0 Å². The van der Waals surface area contributed by atoms with E-state index in [4.69, 9.17) is 0 Å². The number of piperazine rings is 1. The van der Waals surface area contributed by atoms with Gasteiger partial charge in [0.25, 0.3) is 0 Å². The summed E-state index contributed by atoms with van der Waals surface area (Å²) in [6.07, 6.45) is 2.89. The van der Waals surface area contributed by atoms with Gasteiger partial charge in [-0.1, -0.05) is 6.92 Å². The molecule has 0 aromatic carbocycles. The summed E-state index contributed by atoms with van der Waals surface area (Å²) in [5.74, 6) is 0.557. The molecule has 37 heavy (non-hydrogen) atoms. The molecule has 0 saturated carbocycles. The van der Waals surface area contributed by atoms with Crippen LogP contribution in [0.25, 0.3) is 0 Å². The molecule has 1 unspecified atom stereocenters. The van der Waals surface area contributed by atoms with Crippen LogP contribution in [-0.4, -0.2) is 77.5 Å². The van der Waals surface area contributed by atoms with Crippen molar-refractivity contribution in [3.05, 3.63) is 35.8 Å². The lowest BCUT2D eigenvalue weighted by Crippen LogP contribution is -2.61. The second-order valence-electron chi connectivity index (χ2n) is 9.96. The van der Waals surface area contributed by atoms with Crippen molar-refractivity contribution in [3.8, 4) is 12.1 Å². The van der Waals surface area contributed by atoms with Crippen molar-refractivity contribution in [3.63, 3.8) is 0 Å². The van der Waals surface area contributed by atoms with E-state index in [0.717, 1.165) is 0 Å². The molecule has 194 valence electrons. The molecule has 3 atom stereocenters. The first-order chi connectivity index (χ1) is 17.7. The normalized spacial score (nSPS) is 23.4. The number of carbonyl (C=O) groups is 1. The molecule has 1 amide bonds. The van der Waals surface area contributed by atoms with Gasteiger partial charge < -0.3 is 14.7 Å². The van der Waals surface area contributed by atoms with Crippen LogP contribution in [0.3, 0.4) is 0 Å². The first kappa shape index (κ1) is 26.1. The molecule has 2 aliphatic rings. The predicted octanol–water partition coefficient (Wildman–Crippen LogP) is 3.00. The van der Waals surface area contributed by atoms with Gasteiger partial charge in [-0.15, -0.1) is 0 Å². The third-order valence-corrected chi connectivity index (χ3v) is 7.22. The molecule has 0 aliphatic carbocycles. The summed E-state index contributed by atoms with van der Waals surface area (Å²) in [6, 6.07) is 5.94. The van der Waals surface area contributed by atoms with Crippen molar-refractivity contribution in [2.24, 2.45) is 5.41 Å². The molecule has 0 bridgehead atoms. The number of rotatable bonds is 6. The smallest absolute Gasteiger partial charge is 0.248 e. The largest absolute Gasteiger partial charge is 0.350 e. The zero-order valence-corrected chi connectivity index (χ0v) is 20.8. The summed E-state index contributed by atoms with van der Waals surface area (Å²) in [6.45, 7) is 2.39. The Morgan fingerprint density at radius 3 is 2.46 bits per heavy atom. The molecule has 1 saturated heterocycles. The highest BCUT2D eigenvalue weighted by molar-refractivity contribution is 5.86. The van der Waals surface area contributed by atoms with Crippen molar-refractivity contribution in [1.29, 1.82) is 10.5 Å². The molecule has 9 nitrogen and oxygen atoms in total. The van der Waals surface area contributed by atoms with Gasteiger partial charge in [-0.3, -0.25) is 9.18 Å². The van der Waals surface area contributed by atoms with E-state index in [1.165, 1.54) is 23.5 Å². The van der Waals surface area contributed by atoms with Crippen molar-refractivity contribution in [2.45, 2.75) is 38.3 Å². The van der Waals surface area contributed by atoms with E-state index < -0.39 is 42.8 Å². The number of aromatic nitrogens is 3. The summed E-state index contributed by atoms with van der Waals surface area (Å²) in [7, 11) is 0. The molecule has 2 aromatic rings. The van der Waals surface area contributed by atoms with E-state index in [-0.39, 0.29) is 25.7 Å². The number of amides is 1. The maximum Gasteiger partial charge on any atom is 0.248 e. The molecule has 2 aliphatic heterocycles. The van der Waals surface area contributed by atoms with Crippen LogP contribution >= 0.6 is 0 Å². The second-order valence-corrected chi connectivity index (χ2v) is 9.96. The predicted molar refractivity (Wildman–Crippen MR) is 129 cm³/mol. The van der Waals surface area contributed by atoms with Gasteiger partial charge >= 0.3 is 0 Å². The van der Waals surface area contributed by atoms with Gasteiger partial charge in [0.15, 0.2) is 5.41 Å². The van der Waals surface area contributed by atoms with Crippen LogP contribution in [0.15, 0.2) is 24.7 Å². The SMILES string of the molecule is C[C@@H]1CN(c2ncnc3c2C(C)(CF)CN3c2cc(C#N)ccn2)[C@@H](C)CN1C(=O)C(C#N)(CF)CF. The summed E-state index contributed by atoms with van der Waals surface area (Å²) in [5, 5.41) is 18.6. The number of fused-ring (bicyclic) bond motifs is 1. The highest BCUT2D eigenvalue weighted by Gasteiger charge is 2.49. The monoisotopic (exact) mass is 512 g/mol. The molecular formula is C25H27F3N8O. The minimum absolute atomic E-state index is 0.101. The topological polar surface area (TPSA) is 113 Å². The zero-order valence-electron chi connectivity index (χ0n) is 20.8. The van der Waals surface area contributed by atoms with E-state index in [0.29, 0.717) is 28.6 Å². The van der Waals surface area contributed by atoms with Crippen LogP contribution in [0.1, 0.15) is 31.9 Å². The molecule has 0 N–H and O–H groups in total. The average molecular weight is 513 g/mol. The van der Waals surface area contributed by atoms with Gasteiger partial charge in [-0.25, -0.2) is 23.7 Å². The van der Waals surface area contributed by atoms with Gasteiger partial charge in [-0.2, -0.15) is 10.5 Å². The summed E-state index contributed by atoms with van der Waals surface area (Å²) >= 11 is 0. The summed E-state index contributed by atoms with van der Waals surface area (Å²) < 4.78 is 41.8. The maximum atomic E-state index is 14.6. The van der Waals surface area contributed by atoms with Crippen molar-refractivity contribution in [2.75, 3.05) is 49.5 Å². The minimum Gasteiger partial charge on any atom is -0.350 e. The number of carbonyl (C=O) groups excluding carboxylic acids is 1. The van der Waals surface area contributed by atoms with E-state index in [1.807, 2.05) is 11.8 Å². The van der Waals surface area contributed by atoms with Crippen molar-refractivity contribution in [1.82, 2.24) is 19.9 Å². The second kappa shape index (κ2) is 9.85. The maximum absolute atomic E-state index is 14.6. The van der Waals surface area contributed by atoms with Crippen molar-refractivity contribution >= 4 is 23.4 Å². The Hall–Kier alpha value is -3.93. The minimum atomic E-state index is -2.36. The Morgan fingerprint density at radius 1 is 1.14 bits per heavy atom. The van der Waals surface area contributed by atoms with Gasteiger partial charge in [0, 0.05) is 48.9 Å². The lowest BCUT2D eigenvalue weighted by Gasteiger charge is -2.46. The molecule has 4 heterocycles. The zero-order chi connectivity index (χ0) is 27.0. The average Bonchev–Trinajstić information content (AvgIpc) is 3.24. The fraction of sp³-hybridized carbons (Fsp3) is 0.520. The lowest BCUT2D eigenvalue weighted by atomic mass is 9.86. The highest BCUT2D eigenvalue weighted by atomic mass is 19.1. The third kappa shape index (κ3) is 4.20. The van der Waals surface area contributed by atoms with Gasteiger partial charge in [0.2, 0.25) is 5.91 Å². The Labute approximate surface area is 213 Å². The van der Waals surface area contributed by atoms with Gasteiger partial charge in [-0.05, 0) is 26.0 Å². The molecule has 0 radical (unpaired) electrons. The molecule has 0 spiro atoms. The number of hydrogen-bond donors (Lipinski definition) is 0. The number of nitriles is 2. The standard InChI is InChI=1S/C25H27F3N8O/c1-16-9-35(23(37)25(11-27,12-28)13-30)17(2)8-34(16)21-20-22(33-15-32-21)36(14-24(20,3)10-26)19-6-18(7-29)4-5-31-19/h4-6,15-17H,8-12,14H2,1-3H3/t16-,17+,24?/m0/s1.